The molecule has 5 nitrogen and oxygen atoms in total. The van der Waals surface area contributed by atoms with Gasteiger partial charge in [0.1, 0.15) is 0 Å². The molecule has 0 spiro atoms. The molecule has 0 radical (unpaired) electrons. The standard InChI is InChI=1S/C18H24N4O/c1-4-22-13(3)17(12(2)20-22)18(23)21-10-15(16(19)11-21)14-8-6-5-7-9-14/h5-9,15-16H,4,10-11,19H2,1-3H3/t15-,16+/m0/s1. The smallest absolute Gasteiger partial charge is 0.257 e. The molecule has 3 rings (SSSR count). The number of benzene rings is 1. The molecule has 1 amide bonds. The van der Waals surface area contributed by atoms with Crippen molar-refractivity contribution in [3.63, 3.8) is 0 Å². The minimum Gasteiger partial charge on any atom is -0.336 e. The van der Waals surface area contributed by atoms with Gasteiger partial charge in [0.15, 0.2) is 0 Å². The fraction of sp³-hybridized carbons (Fsp3) is 0.444. The van der Waals surface area contributed by atoms with Crippen LogP contribution in [0.5, 0.6) is 0 Å². The van der Waals surface area contributed by atoms with Gasteiger partial charge in [0.05, 0.1) is 11.3 Å². The van der Waals surface area contributed by atoms with Crippen LogP contribution in [0.15, 0.2) is 30.3 Å². The molecule has 1 aromatic carbocycles. The van der Waals surface area contributed by atoms with Gasteiger partial charge in [-0.3, -0.25) is 9.48 Å². The van der Waals surface area contributed by atoms with Gasteiger partial charge in [0.2, 0.25) is 0 Å². The number of aryl methyl sites for hydroxylation is 2. The van der Waals surface area contributed by atoms with Crippen molar-refractivity contribution in [1.82, 2.24) is 14.7 Å². The van der Waals surface area contributed by atoms with Gasteiger partial charge in [0.25, 0.3) is 5.91 Å². The van der Waals surface area contributed by atoms with Crippen LogP contribution in [0.2, 0.25) is 0 Å². The molecule has 0 bridgehead atoms. The van der Waals surface area contributed by atoms with Crippen molar-refractivity contribution < 1.29 is 4.79 Å². The summed E-state index contributed by atoms with van der Waals surface area (Å²) in [6.45, 7) is 7.92. The Balaban J connectivity index is 1.84. The van der Waals surface area contributed by atoms with Crippen LogP contribution < -0.4 is 5.73 Å². The Morgan fingerprint density at radius 2 is 1.96 bits per heavy atom. The van der Waals surface area contributed by atoms with Crippen molar-refractivity contribution in [3.8, 4) is 0 Å². The van der Waals surface area contributed by atoms with Gasteiger partial charge < -0.3 is 10.6 Å². The zero-order valence-corrected chi connectivity index (χ0v) is 14.0. The third kappa shape index (κ3) is 2.77. The van der Waals surface area contributed by atoms with Crippen molar-refractivity contribution >= 4 is 5.91 Å². The summed E-state index contributed by atoms with van der Waals surface area (Å²) in [5, 5.41) is 4.46. The number of hydrogen-bond donors (Lipinski definition) is 1. The van der Waals surface area contributed by atoms with E-state index in [9.17, 15) is 4.79 Å². The number of carbonyl (C=O) groups excluding carboxylic acids is 1. The first-order valence-corrected chi connectivity index (χ1v) is 8.16. The lowest BCUT2D eigenvalue weighted by atomic mass is 9.95. The molecule has 1 aliphatic rings. The maximum atomic E-state index is 13.0. The summed E-state index contributed by atoms with van der Waals surface area (Å²) in [7, 11) is 0. The highest BCUT2D eigenvalue weighted by molar-refractivity contribution is 5.96. The predicted octanol–water partition coefficient (Wildman–Crippen LogP) is 2.09. The molecule has 1 aliphatic heterocycles. The molecular weight excluding hydrogens is 288 g/mol. The molecule has 0 aliphatic carbocycles. The van der Waals surface area contributed by atoms with E-state index in [4.69, 9.17) is 5.73 Å². The van der Waals surface area contributed by atoms with E-state index in [-0.39, 0.29) is 17.9 Å². The van der Waals surface area contributed by atoms with Crippen molar-refractivity contribution in [1.29, 1.82) is 0 Å². The van der Waals surface area contributed by atoms with E-state index in [1.165, 1.54) is 5.56 Å². The van der Waals surface area contributed by atoms with Gasteiger partial charge in [-0.2, -0.15) is 5.10 Å². The van der Waals surface area contributed by atoms with Crippen LogP contribution in [-0.2, 0) is 6.54 Å². The van der Waals surface area contributed by atoms with E-state index in [0.717, 1.165) is 23.5 Å². The summed E-state index contributed by atoms with van der Waals surface area (Å²) in [6.07, 6.45) is 0. The van der Waals surface area contributed by atoms with Gasteiger partial charge in [-0.15, -0.1) is 0 Å². The zero-order valence-electron chi connectivity index (χ0n) is 14.0. The van der Waals surface area contributed by atoms with Gasteiger partial charge in [-0.25, -0.2) is 0 Å². The van der Waals surface area contributed by atoms with E-state index in [1.54, 1.807) is 0 Å². The molecule has 2 heterocycles. The quantitative estimate of drug-likeness (QED) is 0.944. The average molecular weight is 312 g/mol. The maximum Gasteiger partial charge on any atom is 0.257 e. The minimum atomic E-state index is -0.0248. The molecule has 1 aromatic heterocycles. The second kappa shape index (κ2) is 6.16. The second-order valence-corrected chi connectivity index (χ2v) is 6.25. The lowest BCUT2D eigenvalue weighted by Crippen LogP contribution is -2.32. The fourth-order valence-electron chi connectivity index (χ4n) is 3.52. The Morgan fingerprint density at radius 1 is 1.26 bits per heavy atom. The summed E-state index contributed by atoms with van der Waals surface area (Å²) in [6, 6.07) is 10.2. The fourth-order valence-corrected chi connectivity index (χ4v) is 3.52. The summed E-state index contributed by atoms with van der Waals surface area (Å²) in [5.74, 6) is 0.246. The topological polar surface area (TPSA) is 64.2 Å². The number of carbonyl (C=O) groups is 1. The lowest BCUT2D eigenvalue weighted by Gasteiger charge is -2.17. The molecule has 2 atom stereocenters. The number of likely N-dealkylation sites (tertiary alicyclic amines) is 1. The zero-order chi connectivity index (χ0) is 16.6. The third-order valence-electron chi connectivity index (χ3n) is 4.77. The Hall–Kier alpha value is -2.14. The van der Waals surface area contributed by atoms with Gasteiger partial charge in [-0.05, 0) is 26.3 Å². The summed E-state index contributed by atoms with van der Waals surface area (Å²) in [5.41, 5.74) is 9.98. The summed E-state index contributed by atoms with van der Waals surface area (Å²) >= 11 is 0. The number of rotatable bonds is 3. The Bertz CT molecular complexity index is 707. The highest BCUT2D eigenvalue weighted by atomic mass is 16.2. The van der Waals surface area contributed by atoms with Gasteiger partial charge in [-0.1, -0.05) is 30.3 Å². The van der Waals surface area contributed by atoms with Crippen molar-refractivity contribution in [3.05, 3.63) is 52.8 Å². The number of amides is 1. The molecule has 2 aromatic rings. The Kier molecular flexibility index (Phi) is 4.22. The van der Waals surface area contributed by atoms with E-state index in [2.05, 4.69) is 17.2 Å². The molecule has 2 N–H and O–H groups in total. The number of nitrogens with two attached hydrogens (primary N) is 1. The third-order valence-corrected chi connectivity index (χ3v) is 4.77. The van der Waals surface area contributed by atoms with Crippen LogP contribution in [-0.4, -0.2) is 39.7 Å². The predicted molar refractivity (Wildman–Crippen MR) is 90.4 cm³/mol. The largest absolute Gasteiger partial charge is 0.336 e. The normalized spacial score (nSPS) is 21.0. The Morgan fingerprint density at radius 3 is 2.57 bits per heavy atom. The summed E-state index contributed by atoms with van der Waals surface area (Å²) in [4.78, 5) is 14.8. The van der Waals surface area contributed by atoms with Gasteiger partial charge >= 0.3 is 0 Å². The number of hydrogen-bond acceptors (Lipinski definition) is 3. The van der Waals surface area contributed by atoms with Crippen molar-refractivity contribution in [2.24, 2.45) is 5.73 Å². The van der Waals surface area contributed by atoms with Crippen LogP contribution in [0, 0.1) is 13.8 Å². The lowest BCUT2D eigenvalue weighted by molar-refractivity contribution is 0.0787. The first-order chi connectivity index (χ1) is 11.0. The highest BCUT2D eigenvalue weighted by Gasteiger charge is 2.35. The number of aromatic nitrogens is 2. The molecule has 5 heteroatoms. The molecule has 0 unspecified atom stereocenters. The Labute approximate surface area is 137 Å². The minimum absolute atomic E-state index is 0.0248. The SMILES string of the molecule is CCn1nc(C)c(C(=O)N2C[C@@H](N)[C@H](c3ccccc3)C2)c1C. The monoisotopic (exact) mass is 312 g/mol. The van der Waals surface area contributed by atoms with Crippen LogP contribution in [0.25, 0.3) is 0 Å². The first-order valence-electron chi connectivity index (χ1n) is 8.16. The molecule has 23 heavy (non-hydrogen) atoms. The molecule has 122 valence electrons. The highest BCUT2D eigenvalue weighted by Crippen LogP contribution is 2.28. The van der Waals surface area contributed by atoms with E-state index in [1.807, 2.05) is 48.6 Å². The van der Waals surface area contributed by atoms with Crippen LogP contribution in [0.4, 0.5) is 0 Å². The first kappa shape index (κ1) is 15.7. The molecule has 0 saturated carbocycles. The molecule has 1 fully saturated rings. The van der Waals surface area contributed by atoms with Crippen LogP contribution in [0.3, 0.4) is 0 Å². The van der Waals surface area contributed by atoms with E-state index >= 15 is 0 Å². The maximum absolute atomic E-state index is 13.0. The van der Waals surface area contributed by atoms with Crippen LogP contribution in [0.1, 0.15) is 40.2 Å². The van der Waals surface area contributed by atoms with Crippen LogP contribution >= 0.6 is 0 Å². The average Bonchev–Trinajstić information content (AvgIpc) is 3.07. The van der Waals surface area contributed by atoms with Gasteiger partial charge in [0, 0.05) is 37.3 Å². The second-order valence-electron chi connectivity index (χ2n) is 6.25. The molecular formula is C18H24N4O. The molecule has 1 saturated heterocycles. The van der Waals surface area contributed by atoms with Crippen molar-refractivity contribution in [2.45, 2.75) is 39.3 Å². The van der Waals surface area contributed by atoms with E-state index in [0.29, 0.717) is 13.1 Å². The van der Waals surface area contributed by atoms with E-state index < -0.39 is 0 Å². The van der Waals surface area contributed by atoms with Crippen molar-refractivity contribution in [2.75, 3.05) is 13.1 Å². The summed E-state index contributed by atoms with van der Waals surface area (Å²) < 4.78 is 1.88. The number of nitrogens with zero attached hydrogens (tertiary/aromatic N) is 3.